The number of phenolic OH excluding ortho intramolecular Hbond substituents is 1. The van der Waals surface area contributed by atoms with Crippen molar-refractivity contribution in [3.63, 3.8) is 0 Å². The highest BCUT2D eigenvalue weighted by molar-refractivity contribution is 7.99. The number of methoxy groups -OCH3 is 1. The SMILES string of the molecule is COc1cc(/C=C2\CSc3c(F)cccc3C2=O)cc([N+](=O)[O-])c1O. The van der Waals surface area contributed by atoms with Crippen LogP contribution in [-0.2, 0) is 0 Å². The molecule has 0 bridgehead atoms. The van der Waals surface area contributed by atoms with E-state index in [2.05, 4.69) is 0 Å². The first-order valence-electron chi connectivity index (χ1n) is 7.14. The van der Waals surface area contributed by atoms with Crippen LogP contribution >= 0.6 is 11.8 Å². The smallest absolute Gasteiger partial charge is 0.315 e. The Morgan fingerprint density at radius 3 is 2.84 bits per heavy atom. The Morgan fingerprint density at radius 1 is 1.40 bits per heavy atom. The van der Waals surface area contributed by atoms with Crippen LogP contribution in [0.1, 0.15) is 15.9 Å². The van der Waals surface area contributed by atoms with E-state index in [1.54, 1.807) is 6.07 Å². The largest absolute Gasteiger partial charge is 0.500 e. The molecule has 0 saturated heterocycles. The summed E-state index contributed by atoms with van der Waals surface area (Å²) in [6.45, 7) is 0. The summed E-state index contributed by atoms with van der Waals surface area (Å²) in [4.78, 5) is 23.2. The van der Waals surface area contributed by atoms with Gasteiger partial charge in [-0.15, -0.1) is 11.8 Å². The quantitative estimate of drug-likeness (QED) is 0.508. The van der Waals surface area contributed by atoms with Crippen LogP contribution in [0.2, 0.25) is 0 Å². The Morgan fingerprint density at radius 2 is 2.16 bits per heavy atom. The van der Waals surface area contributed by atoms with Gasteiger partial charge in [0.1, 0.15) is 5.82 Å². The molecule has 0 atom stereocenters. The summed E-state index contributed by atoms with van der Waals surface area (Å²) in [6, 6.07) is 6.85. The second kappa shape index (κ2) is 6.56. The number of halogens is 1. The number of phenols is 1. The van der Waals surface area contributed by atoms with E-state index < -0.39 is 22.2 Å². The van der Waals surface area contributed by atoms with Crippen LogP contribution in [0.3, 0.4) is 0 Å². The fourth-order valence-corrected chi connectivity index (χ4v) is 3.56. The van der Waals surface area contributed by atoms with Crippen molar-refractivity contribution in [2.75, 3.05) is 12.9 Å². The summed E-state index contributed by atoms with van der Waals surface area (Å²) in [7, 11) is 1.27. The van der Waals surface area contributed by atoms with E-state index in [4.69, 9.17) is 4.74 Å². The highest BCUT2D eigenvalue weighted by Crippen LogP contribution is 2.39. The zero-order valence-electron chi connectivity index (χ0n) is 13.0. The average molecular weight is 361 g/mol. The van der Waals surface area contributed by atoms with Crippen molar-refractivity contribution in [3.05, 3.63) is 63.0 Å². The lowest BCUT2D eigenvalue weighted by Crippen LogP contribution is -2.13. The van der Waals surface area contributed by atoms with Gasteiger partial charge in [0.15, 0.2) is 11.5 Å². The van der Waals surface area contributed by atoms with E-state index in [1.165, 1.54) is 43.1 Å². The molecular formula is C17H12FNO5S. The van der Waals surface area contributed by atoms with Crippen molar-refractivity contribution < 1.29 is 24.0 Å². The molecule has 0 aliphatic carbocycles. The number of ketones is 1. The van der Waals surface area contributed by atoms with Crippen molar-refractivity contribution >= 4 is 29.3 Å². The van der Waals surface area contributed by atoms with Crippen LogP contribution in [0.5, 0.6) is 11.5 Å². The summed E-state index contributed by atoms with van der Waals surface area (Å²) >= 11 is 1.19. The summed E-state index contributed by atoms with van der Waals surface area (Å²) in [5.74, 6) is -1.18. The number of nitro groups is 1. The second-order valence-corrected chi connectivity index (χ2v) is 6.24. The summed E-state index contributed by atoms with van der Waals surface area (Å²) in [5, 5.41) is 20.9. The number of carbonyl (C=O) groups is 1. The molecule has 2 aromatic rings. The van der Waals surface area contributed by atoms with Crippen molar-refractivity contribution in [2.24, 2.45) is 0 Å². The van der Waals surface area contributed by atoms with Gasteiger partial charge in [-0.3, -0.25) is 14.9 Å². The Bertz CT molecular complexity index is 925. The van der Waals surface area contributed by atoms with Crippen LogP contribution in [0.4, 0.5) is 10.1 Å². The van der Waals surface area contributed by atoms with E-state index in [0.717, 1.165) is 6.07 Å². The summed E-state index contributed by atoms with van der Waals surface area (Å²) < 4.78 is 18.7. The van der Waals surface area contributed by atoms with Crippen molar-refractivity contribution in [2.45, 2.75) is 4.90 Å². The topological polar surface area (TPSA) is 89.7 Å². The minimum atomic E-state index is -0.734. The molecule has 0 fully saturated rings. The number of rotatable bonds is 3. The van der Waals surface area contributed by atoms with Gasteiger partial charge < -0.3 is 9.84 Å². The maximum absolute atomic E-state index is 13.8. The molecule has 1 aliphatic rings. The van der Waals surface area contributed by atoms with Crippen molar-refractivity contribution in [1.82, 2.24) is 0 Å². The summed E-state index contributed by atoms with van der Waals surface area (Å²) in [5.41, 5.74) is 0.464. The third kappa shape index (κ3) is 3.08. The fraction of sp³-hybridized carbons (Fsp3) is 0.118. The zero-order chi connectivity index (χ0) is 18.1. The number of nitro benzene ring substituents is 1. The molecule has 1 N–H and O–H groups in total. The molecule has 0 amide bonds. The van der Waals surface area contributed by atoms with Gasteiger partial charge in [-0.2, -0.15) is 0 Å². The number of fused-ring (bicyclic) bond motifs is 1. The minimum Gasteiger partial charge on any atom is -0.500 e. The molecule has 0 spiro atoms. The Labute approximate surface area is 146 Å². The van der Waals surface area contributed by atoms with Gasteiger partial charge >= 0.3 is 5.69 Å². The molecule has 1 aliphatic heterocycles. The normalized spacial score (nSPS) is 15.1. The Balaban J connectivity index is 2.06. The molecule has 1 heterocycles. The van der Waals surface area contributed by atoms with Gasteiger partial charge in [-0.25, -0.2) is 4.39 Å². The van der Waals surface area contributed by atoms with Crippen molar-refractivity contribution in [1.29, 1.82) is 0 Å². The number of aromatic hydroxyl groups is 1. The third-order valence-electron chi connectivity index (χ3n) is 3.71. The lowest BCUT2D eigenvalue weighted by molar-refractivity contribution is -0.386. The van der Waals surface area contributed by atoms with Gasteiger partial charge in [-0.1, -0.05) is 6.07 Å². The van der Waals surface area contributed by atoms with E-state index in [0.29, 0.717) is 16.0 Å². The average Bonchev–Trinajstić information content (AvgIpc) is 2.59. The first kappa shape index (κ1) is 17.0. The highest BCUT2D eigenvalue weighted by Gasteiger charge is 2.26. The minimum absolute atomic E-state index is 0.0663. The van der Waals surface area contributed by atoms with Crippen LogP contribution in [0.15, 0.2) is 40.8 Å². The number of hydrogen-bond acceptors (Lipinski definition) is 6. The number of nitrogens with zero attached hydrogens (tertiary/aromatic N) is 1. The third-order valence-corrected chi connectivity index (χ3v) is 4.87. The van der Waals surface area contributed by atoms with Crippen molar-refractivity contribution in [3.8, 4) is 11.5 Å². The summed E-state index contributed by atoms with van der Waals surface area (Å²) in [6.07, 6.45) is 1.48. The number of thioether (sulfide) groups is 1. The molecule has 128 valence electrons. The number of ether oxygens (including phenoxy) is 1. The first-order chi connectivity index (χ1) is 11.9. The van der Waals surface area contributed by atoms with Gasteiger partial charge in [0.05, 0.1) is 16.9 Å². The highest BCUT2D eigenvalue weighted by atomic mass is 32.2. The maximum atomic E-state index is 13.8. The molecule has 6 nitrogen and oxygen atoms in total. The molecule has 0 saturated carbocycles. The molecule has 0 aromatic heterocycles. The fourth-order valence-electron chi connectivity index (χ4n) is 2.52. The van der Waals surface area contributed by atoms with E-state index in [-0.39, 0.29) is 22.8 Å². The van der Waals surface area contributed by atoms with Crippen LogP contribution in [0, 0.1) is 15.9 Å². The molecule has 3 rings (SSSR count). The molecule has 25 heavy (non-hydrogen) atoms. The van der Waals surface area contributed by atoms with E-state index in [1.807, 2.05) is 0 Å². The van der Waals surface area contributed by atoms with Gasteiger partial charge in [0, 0.05) is 23.0 Å². The van der Waals surface area contributed by atoms with E-state index >= 15 is 0 Å². The van der Waals surface area contributed by atoms with Crippen LogP contribution in [0.25, 0.3) is 6.08 Å². The molecule has 8 heteroatoms. The first-order valence-corrected chi connectivity index (χ1v) is 8.13. The Kier molecular flexibility index (Phi) is 4.45. The molecule has 0 unspecified atom stereocenters. The van der Waals surface area contributed by atoms with Gasteiger partial charge in [0.25, 0.3) is 0 Å². The molecular weight excluding hydrogens is 349 g/mol. The predicted molar refractivity (Wildman–Crippen MR) is 90.7 cm³/mol. The standard InChI is InChI=1S/C17H12FNO5S/c1-24-14-7-9(6-13(16(14)21)19(22)23)5-10-8-25-17-11(15(10)20)3-2-4-12(17)18/h2-7,21H,8H2,1H3/b10-5+. The molecule has 0 radical (unpaired) electrons. The maximum Gasteiger partial charge on any atom is 0.315 e. The number of hydrogen-bond donors (Lipinski definition) is 1. The number of benzene rings is 2. The van der Waals surface area contributed by atoms with Crippen LogP contribution < -0.4 is 4.74 Å². The second-order valence-electron chi connectivity index (χ2n) is 5.25. The van der Waals surface area contributed by atoms with Gasteiger partial charge in [-0.05, 0) is 29.8 Å². The number of carbonyl (C=O) groups excluding carboxylic acids is 1. The van der Waals surface area contributed by atoms with Gasteiger partial charge in [0.2, 0.25) is 5.75 Å². The predicted octanol–water partition coefficient (Wildman–Crippen LogP) is 3.82. The lowest BCUT2D eigenvalue weighted by Gasteiger charge is -2.17. The lowest BCUT2D eigenvalue weighted by atomic mass is 10.0. The molecule has 2 aromatic carbocycles. The monoisotopic (exact) mass is 361 g/mol. The van der Waals surface area contributed by atoms with E-state index in [9.17, 15) is 24.4 Å². The van der Waals surface area contributed by atoms with Crippen LogP contribution in [-0.4, -0.2) is 28.7 Å². The number of Topliss-reactive ketones (excluding diaryl/α,β-unsaturated/α-hetero) is 1. The zero-order valence-corrected chi connectivity index (χ0v) is 13.8. The Hall–Kier alpha value is -2.87.